The van der Waals surface area contributed by atoms with Crippen molar-refractivity contribution in [2.45, 2.75) is 25.7 Å². The molecule has 2 saturated heterocycles. The minimum absolute atomic E-state index is 0. The molecule has 2 aliphatic rings. The van der Waals surface area contributed by atoms with Gasteiger partial charge in [0.05, 0.1) is 0 Å². The molecule has 0 saturated carbocycles. The molecule has 13 heavy (non-hydrogen) atoms. The van der Waals surface area contributed by atoms with Crippen molar-refractivity contribution in [1.29, 1.82) is 0 Å². The minimum Gasteiger partial charge on any atom is -0.662 e. The van der Waals surface area contributed by atoms with Crippen molar-refractivity contribution in [2.75, 3.05) is 26.2 Å². The minimum atomic E-state index is 0. The van der Waals surface area contributed by atoms with Crippen LogP contribution in [0.2, 0.25) is 0 Å². The summed E-state index contributed by atoms with van der Waals surface area (Å²) in [6.07, 6.45) is 5.33. The second kappa shape index (κ2) is 15.0. The maximum Gasteiger partial charge on any atom is 2.00 e. The van der Waals surface area contributed by atoms with Gasteiger partial charge in [0.1, 0.15) is 0 Å². The van der Waals surface area contributed by atoms with E-state index in [2.05, 4.69) is 10.6 Å². The Labute approximate surface area is 93.9 Å². The van der Waals surface area contributed by atoms with Crippen molar-refractivity contribution in [1.82, 2.24) is 0 Å². The van der Waals surface area contributed by atoms with E-state index in [1.807, 2.05) is 0 Å². The maximum atomic E-state index is 4.08. The van der Waals surface area contributed by atoms with Gasteiger partial charge in [-0.15, -0.1) is 26.2 Å². The molecular formula is C8H18F2N2Ti. The molecule has 0 aromatic heterocycles. The van der Waals surface area contributed by atoms with E-state index < -0.39 is 0 Å². The summed E-state index contributed by atoms with van der Waals surface area (Å²) >= 11 is 0. The van der Waals surface area contributed by atoms with Crippen molar-refractivity contribution in [3.05, 3.63) is 10.6 Å². The Hall–Kier alpha value is 0.494. The number of halogens is 2. The molecule has 2 aliphatic heterocycles. The van der Waals surface area contributed by atoms with Crippen LogP contribution in [0.5, 0.6) is 0 Å². The summed E-state index contributed by atoms with van der Waals surface area (Å²) in [5, 5.41) is 8.17. The van der Waals surface area contributed by atoms with Gasteiger partial charge in [0.25, 0.3) is 0 Å². The van der Waals surface area contributed by atoms with E-state index in [-0.39, 0.29) is 31.1 Å². The molecule has 0 aromatic rings. The molecule has 0 aliphatic carbocycles. The van der Waals surface area contributed by atoms with Gasteiger partial charge in [-0.2, -0.15) is 0 Å². The fourth-order valence-electron chi connectivity index (χ4n) is 1.12. The Morgan fingerprint density at radius 2 is 0.769 bits per heavy atom. The number of hydrogen-bond acceptors (Lipinski definition) is 0. The van der Waals surface area contributed by atoms with E-state index >= 15 is 0 Å². The molecule has 78 valence electrons. The average molecular weight is 228 g/mol. The third-order valence-corrected chi connectivity index (χ3v) is 1.76. The van der Waals surface area contributed by atoms with Crippen molar-refractivity contribution >= 4 is 0 Å². The number of nitrogens with zero attached hydrogens (tertiary/aromatic N) is 2. The number of rotatable bonds is 0. The van der Waals surface area contributed by atoms with Crippen LogP contribution in [0.3, 0.4) is 0 Å². The molecule has 2 rings (SSSR count). The molecular weight excluding hydrogens is 210 g/mol. The second-order valence-electron chi connectivity index (χ2n) is 2.76. The van der Waals surface area contributed by atoms with Crippen molar-refractivity contribution in [2.24, 2.45) is 0 Å². The van der Waals surface area contributed by atoms with Crippen LogP contribution >= 0.6 is 0 Å². The van der Waals surface area contributed by atoms with Crippen molar-refractivity contribution in [3.63, 3.8) is 0 Å². The fourth-order valence-corrected chi connectivity index (χ4v) is 1.12. The molecule has 5 heteroatoms. The Bertz CT molecular complexity index is 53.3. The molecule has 0 unspecified atom stereocenters. The summed E-state index contributed by atoms with van der Waals surface area (Å²) < 4.78 is 0. The van der Waals surface area contributed by atoms with E-state index in [0.29, 0.717) is 0 Å². The predicted molar refractivity (Wildman–Crippen MR) is 49.7 cm³/mol. The fraction of sp³-hybridized carbons (Fsp3) is 1.00. The molecule has 2 heterocycles. The van der Waals surface area contributed by atoms with Crippen LogP contribution in [0.4, 0.5) is 9.41 Å². The van der Waals surface area contributed by atoms with Gasteiger partial charge in [0.15, 0.2) is 0 Å². The van der Waals surface area contributed by atoms with Crippen LogP contribution in [0.25, 0.3) is 10.6 Å². The Morgan fingerprint density at radius 1 is 0.538 bits per heavy atom. The monoisotopic (exact) mass is 228 g/mol. The smallest absolute Gasteiger partial charge is 0.662 e. The molecule has 0 spiro atoms. The van der Waals surface area contributed by atoms with E-state index in [0.717, 1.165) is 26.2 Å². The second-order valence-corrected chi connectivity index (χ2v) is 2.76. The summed E-state index contributed by atoms with van der Waals surface area (Å²) in [6, 6.07) is 0. The van der Waals surface area contributed by atoms with Gasteiger partial charge >= 0.3 is 21.7 Å². The van der Waals surface area contributed by atoms with Gasteiger partial charge < -0.3 is 10.6 Å². The molecule has 0 aromatic carbocycles. The summed E-state index contributed by atoms with van der Waals surface area (Å²) in [5.74, 6) is 0. The van der Waals surface area contributed by atoms with E-state index in [4.69, 9.17) is 0 Å². The molecule has 2 nitrogen and oxygen atoms in total. The first-order valence-corrected chi connectivity index (χ1v) is 4.26. The van der Waals surface area contributed by atoms with Gasteiger partial charge in [-0.3, -0.25) is 9.41 Å². The first-order chi connectivity index (χ1) is 5.00. The van der Waals surface area contributed by atoms with Gasteiger partial charge in [-0.1, -0.05) is 25.7 Å². The number of hydrogen-bond donors (Lipinski definition) is 0. The van der Waals surface area contributed by atoms with Crippen LogP contribution < -0.4 is 0 Å². The Balaban J connectivity index is -0.000000125. The Kier molecular flexibility index (Phi) is 22.1. The SMILES string of the molecule is C1CC[N-]C1.C1CC[N-]C1.F.F.[Ti+2]. The first kappa shape index (κ1) is 19.1. The molecule has 0 atom stereocenters. The molecule has 0 radical (unpaired) electrons. The van der Waals surface area contributed by atoms with Crippen LogP contribution in [0.15, 0.2) is 0 Å². The summed E-state index contributed by atoms with van der Waals surface area (Å²) in [7, 11) is 0. The van der Waals surface area contributed by atoms with Crippen molar-refractivity contribution < 1.29 is 31.1 Å². The van der Waals surface area contributed by atoms with Gasteiger partial charge in [-0.25, -0.2) is 0 Å². The third kappa shape index (κ3) is 12.5. The van der Waals surface area contributed by atoms with Crippen LogP contribution in [-0.4, -0.2) is 26.2 Å². The zero-order valence-electron chi connectivity index (χ0n) is 7.87. The Morgan fingerprint density at radius 3 is 0.846 bits per heavy atom. The molecule has 2 fully saturated rings. The van der Waals surface area contributed by atoms with E-state index in [1.54, 1.807) is 0 Å². The van der Waals surface area contributed by atoms with Gasteiger partial charge in [-0.05, 0) is 0 Å². The molecule has 0 bridgehead atoms. The average Bonchev–Trinajstić information content (AvgIpc) is 2.67. The topological polar surface area (TPSA) is 28.2 Å². The summed E-state index contributed by atoms with van der Waals surface area (Å²) in [6.45, 7) is 4.50. The van der Waals surface area contributed by atoms with Crippen LogP contribution in [0, 0.1) is 0 Å². The van der Waals surface area contributed by atoms with Crippen molar-refractivity contribution in [3.8, 4) is 0 Å². The molecule has 0 N–H and O–H groups in total. The maximum absolute atomic E-state index is 4.08. The predicted octanol–water partition coefficient (Wildman–Crippen LogP) is 2.61. The molecule has 0 amide bonds. The summed E-state index contributed by atoms with van der Waals surface area (Å²) in [4.78, 5) is 0. The van der Waals surface area contributed by atoms with Crippen LogP contribution in [0.1, 0.15) is 25.7 Å². The zero-order chi connectivity index (χ0) is 7.07. The first-order valence-electron chi connectivity index (χ1n) is 4.26. The standard InChI is InChI=1S/2C4H8N.2FH.Ti/c2*1-2-4-5-3-1;;;/h2*1-4H2;2*1H;/q2*-1;;;+2. The quantitative estimate of drug-likeness (QED) is 0.570. The third-order valence-electron chi connectivity index (χ3n) is 1.76. The normalized spacial score (nSPS) is 18.5. The van der Waals surface area contributed by atoms with Gasteiger partial charge in [0.2, 0.25) is 0 Å². The van der Waals surface area contributed by atoms with Crippen LogP contribution in [-0.2, 0) is 21.7 Å². The zero-order valence-corrected chi connectivity index (χ0v) is 9.43. The van der Waals surface area contributed by atoms with Gasteiger partial charge in [0, 0.05) is 0 Å². The summed E-state index contributed by atoms with van der Waals surface area (Å²) in [5.41, 5.74) is 0. The van der Waals surface area contributed by atoms with E-state index in [1.165, 1.54) is 25.7 Å². The van der Waals surface area contributed by atoms with E-state index in [9.17, 15) is 0 Å². The largest absolute Gasteiger partial charge is 2.00 e.